The Labute approximate surface area is 135 Å². The van der Waals surface area contributed by atoms with Crippen molar-refractivity contribution in [2.24, 2.45) is 0 Å². The van der Waals surface area contributed by atoms with Crippen LogP contribution in [0.2, 0.25) is 5.15 Å². The molecule has 0 bridgehead atoms. The molecule has 6 heteroatoms. The third-order valence-electron chi connectivity index (χ3n) is 4.08. The minimum atomic E-state index is 0.220. The van der Waals surface area contributed by atoms with E-state index < -0.39 is 0 Å². The second-order valence-electron chi connectivity index (χ2n) is 5.45. The van der Waals surface area contributed by atoms with E-state index in [1.54, 1.807) is 13.2 Å². The highest BCUT2D eigenvalue weighted by Crippen LogP contribution is 2.32. The van der Waals surface area contributed by atoms with Gasteiger partial charge in [-0.1, -0.05) is 23.7 Å². The molecule has 2 N–H and O–H groups in total. The molecule has 1 aromatic carbocycles. The first-order valence-corrected chi connectivity index (χ1v) is 7.72. The van der Waals surface area contributed by atoms with Gasteiger partial charge in [0.2, 0.25) is 5.95 Å². The summed E-state index contributed by atoms with van der Waals surface area (Å²) >= 11 is 5.96. The maximum absolute atomic E-state index is 5.96. The summed E-state index contributed by atoms with van der Waals surface area (Å²) in [6.45, 7) is 1.85. The molecule has 1 aliphatic heterocycles. The van der Waals surface area contributed by atoms with Crippen LogP contribution in [0.1, 0.15) is 24.3 Å². The van der Waals surface area contributed by atoms with Crippen molar-refractivity contribution >= 4 is 23.4 Å². The highest BCUT2D eigenvalue weighted by atomic mass is 35.5. The van der Waals surface area contributed by atoms with Crippen LogP contribution in [-0.2, 0) is 0 Å². The van der Waals surface area contributed by atoms with Crippen LogP contribution in [0.15, 0.2) is 30.3 Å². The molecule has 0 aliphatic carbocycles. The third kappa shape index (κ3) is 3.25. The number of rotatable bonds is 3. The minimum absolute atomic E-state index is 0.220. The van der Waals surface area contributed by atoms with Crippen molar-refractivity contribution in [2.45, 2.75) is 18.8 Å². The van der Waals surface area contributed by atoms with Gasteiger partial charge in [0.1, 0.15) is 16.7 Å². The van der Waals surface area contributed by atoms with Gasteiger partial charge in [0.15, 0.2) is 0 Å². The van der Waals surface area contributed by atoms with E-state index in [0.717, 1.165) is 37.5 Å². The summed E-state index contributed by atoms with van der Waals surface area (Å²) in [7, 11) is 1.70. The zero-order valence-corrected chi connectivity index (χ0v) is 13.3. The zero-order chi connectivity index (χ0) is 15.5. The van der Waals surface area contributed by atoms with Crippen molar-refractivity contribution in [3.63, 3.8) is 0 Å². The summed E-state index contributed by atoms with van der Waals surface area (Å²) < 4.78 is 5.31. The number of methoxy groups -OCH3 is 1. The number of hydrogen-bond donors (Lipinski definition) is 1. The summed E-state index contributed by atoms with van der Waals surface area (Å²) in [4.78, 5) is 10.4. The summed E-state index contributed by atoms with van der Waals surface area (Å²) in [6.07, 6.45) is 2.13. The Bertz CT molecular complexity index is 636. The summed E-state index contributed by atoms with van der Waals surface area (Å²) in [5.74, 6) is 2.48. The number of nitrogen functional groups attached to an aromatic ring is 1. The van der Waals surface area contributed by atoms with E-state index >= 15 is 0 Å². The molecular formula is C16H19ClN4O. The van der Waals surface area contributed by atoms with Crippen molar-refractivity contribution in [1.29, 1.82) is 0 Å². The Morgan fingerprint density at radius 3 is 2.68 bits per heavy atom. The Morgan fingerprint density at radius 1 is 1.23 bits per heavy atom. The topological polar surface area (TPSA) is 64.3 Å². The molecule has 1 fully saturated rings. The van der Waals surface area contributed by atoms with Crippen molar-refractivity contribution in [2.75, 3.05) is 30.8 Å². The first kappa shape index (κ1) is 14.9. The lowest BCUT2D eigenvalue weighted by Gasteiger charge is -2.33. The van der Waals surface area contributed by atoms with Gasteiger partial charge in [-0.2, -0.15) is 4.98 Å². The number of ether oxygens (including phenoxy) is 1. The molecule has 1 aliphatic rings. The van der Waals surface area contributed by atoms with E-state index in [0.29, 0.717) is 11.1 Å². The Balaban J connectivity index is 1.69. The normalized spacial score (nSPS) is 15.8. The van der Waals surface area contributed by atoms with Crippen LogP contribution in [0.4, 0.5) is 11.8 Å². The molecule has 3 rings (SSSR count). The van der Waals surface area contributed by atoms with Crippen molar-refractivity contribution in [3.05, 3.63) is 41.0 Å². The lowest BCUT2D eigenvalue weighted by atomic mass is 9.89. The first-order chi connectivity index (χ1) is 10.7. The molecule has 1 saturated heterocycles. The van der Waals surface area contributed by atoms with Crippen LogP contribution in [0.25, 0.3) is 0 Å². The summed E-state index contributed by atoms with van der Waals surface area (Å²) in [5, 5.41) is 0.386. The fourth-order valence-corrected chi connectivity index (χ4v) is 3.11. The predicted octanol–water partition coefficient (Wildman–Crippen LogP) is 3.10. The van der Waals surface area contributed by atoms with E-state index in [-0.39, 0.29) is 5.95 Å². The number of piperidine rings is 1. The van der Waals surface area contributed by atoms with Crippen LogP contribution in [0.5, 0.6) is 5.75 Å². The average Bonchev–Trinajstić information content (AvgIpc) is 2.54. The van der Waals surface area contributed by atoms with Crippen LogP contribution >= 0.6 is 11.6 Å². The number of aromatic nitrogens is 2. The number of nitrogens with two attached hydrogens (primary N) is 1. The fraction of sp³-hybridized carbons (Fsp3) is 0.375. The number of hydrogen-bond acceptors (Lipinski definition) is 5. The van der Waals surface area contributed by atoms with Crippen LogP contribution < -0.4 is 15.4 Å². The second kappa shape index (κ2) is 6.40. The third-order valence-corrected chi connectivity index (χ3v) is 4.28. The molecule has 2 heterocycles. The smallest absolute Gasteiger partial charge is 0.223 e. The number of anilines is 2. The van der Waals surface area contributed by atoms with E-state index in [9.17, 15) is 0 Å². The molecular weight excluding hydrogens is 300 g/mol. The predicted molar refractivity (Wildman–Crippen MR) is 88.6 cm³/mol. The molecule has 116 valence electrons. The monoisotopic (exact) mass is 318 g/mol. The quantitative estimate of drug-likeness (QED) is 0.881. The molecule has 0 radical (unpaired) electrons. The summed E-state index contributed by atoms with van der Waals surface area (Å²) in [6, 6.07) is 10.1. The molecule has 2 aromatic rings. The van der Waals surface area contributed by atoms with Gasteiger partial charge in [-0.3, -0.25) is 0 Å². The molecule has 22 heavy (non-hydrogen) atoms. The number of halogens is 1. The van der Waals surface area contributed by atoms with Gasteiger partial charge in [0.25, 0.3) is 0 Å². The summed E-state index contributed by atoms with van der Waals surface area (Å²) in [5.41, 5.74) is 7.00. The lowest BCUT2D eigenvalue weighted by molar-refractivity contribution is 0.412. The van der Waals surface area contributed by atoms with E-state index in [1.807, 2.05) is 12.1 Å². The Morgan fingerprint density at radius 2 is 2.00 bits per heavy atom. The fourth-order valence-electron chi connectivity index (χ4n) is 2.92. The van der Waals surface area contributed by atoms with E-state index in [4.69, 9.17) is 22.1 Å². The minimum Gasteiger partial charge on any atom is -0.497 e. The van der Waals surface area contributed by atoms with Crippen LogP contribution in [-0.4, -0.2) is 30.2 Å². The van der Waals surface area contributed by atoms with Crippen LogP contribution in [0.3, 0.4) is 0 Å². The van der Waals surface area contributed by atoms with Gasteiger partial charge >= 0.3 is 0 Å². The number of benzene rings is 1. The van der Waals surface area contributed by atoms with Crippen molar-refractivity contribution in [1.82, 2.24) is 9.97 Å². The second-order valence-corrected chi connectivity index (χ2v) is 5.83. The van der Waals surface area contributed by atoms with Gasteiger partial charge in [-0.05, 0) is 36.5 Å². The highest BCUT2D eigenvalue weighted by molar-refractivity contribution is 6.29. The van der Waals surface area contributed by atoms with Gasteiger partial charge in [0, 0.05) is 19.2 Å². The standard InChI is InChI=1S/C16H19ClN4O/c1-22-13-4-2-3-12(9-13)11-5-7-21(8-6-11)15-10-14(17)19-16(18)20-15/h2-4,9-11H,5-8H2,1H3,(H2,18,19,20). The molecule has 0 amide bonds. The molecule has 0 atom stereocenters. The SMILES string of the molecule is COc1cccc(C2CCN(c3cc(Cl)nc(N)n3)CC2)c1. The molecule has 0 spiro atoms. The molecule has 5 nitrogen and oxygen atoms in total. The Kier molecular flexibility index (Phi) is 4.34. The van der Waals surface area contributed by atoms with Crippen molar-refractivity contribution in [3.8, 4) is 5.75 Å². The average molecular weight is 319 g/mol. The van der Waals surface area contributed by atoms with Gasteiger partial charge in [-0.25, -0.2) is 4.98 Å². The van der Waals surface area contributed by atoms with Crippen molar-refractivity contribution < 1.29 is 4.74 Å². The molecule has 0 saturated carbocycles. The lowest BCUT2D eigenvalue weighted by Crippen LogP contribution is -2.33. The Hall–Kier alpha value is -2.01. The highest BCUT2D eigenvalue weighted by Gasteiger charge is 2.22. The molecule has 1 aromatic heterocycles. The van der Waals surface area contributed by atoms with Gasteiger partial charge < -0.3 is 15.4 Å². The maximum Gasteiger partial charge on any atom is 0.223 e. The maximum atomic E-state index is 5.96. The van der Waals surface area contributed by atoms with Gasteiger partial charge in [-0.15, -0.1) is 0 Å². The molecule has 0 unspecified atom stereocenters. The van der Waals surface area contributed by atoms with E-state index in [2.05, 4.69) is 27.0 Å². The van der Waals surface area contributed by atoms with Gasteiger partial charge in [0.05, 0.1) is 7.11 Å². The zero-order valence-electron chi connectivity index (χ0n) is 12.5. The largest absolute Gasteiger partial charge is 0.497 e. The van der Waals surface area contributed by atoms with Crippen LogP contribution in [0, 0.1) is 0 Å². The first-order valence-electron chi connectivity index (χ1n) is 7.34. The van der Waals surface area contributed by atoms with E-state index in [1.165, 1.54) is 5.56 Å². The number of nitrogens with zero attached hydrogens (tertiary/aromatic N) is 3.